The van der Waals surface area contributed by atoms with Gasteiger partial charge in [-0.3, -0.25) is 14.7 Å². The third kappa shape index (κ3) is 5.85. The minimum absolute atomic E-state index is 0.0357. The van der Waals surface area contributed by atoms with E-state index in [4.69, 9.17) is 9.47 Å². The summed E-state index contributed by atoms with van der Waals surface area (Å²) in [4.78, 5) is 32.8. The van der Waals surface area contributed by atoms with Crippen molar-refractivity contribution in [2.24, 2.45) is 4.99 Å². The number of aromatic hydroxyl groups is 1. The molecule has 0 radical (unpaired) electrons. The monoisotopic (exact) mass is 495 g/mol. The lowest BCUT2D eigenvalue weighted by atomic mass is 10.2. The lowest BCUT2D eigenvalue weighted by molar-refractivity contribution is -0.131. The van der Waals surface area contributed by atoms with Crippen molar-refractivity contribution in [3.8, 4) is 17.4 Å². The van der Waals surface area contributed by atoms with Crippen LogP contribution in [0.2, 0.25) is 0 Å². The number of fused-ring (bicyclic) bond motifs is 2. The summed E-state index contributed by atoms with van der Waals surface area (Å²) in [7, 11) is 3.38. The second kappa shape index (κ2) is 11.7. The predicted octanol–water partition coefficient (Wildman–Crippen LogP) is 2.79. The van der Waals surface area contributed by atoms with Gasteiger partial charge in [-0.15, -0.1) is 0 Å². The zero-order chi connectivity index (χ0) is 25.5. The van der Waals surface area contributed by atoms with Crippen molar-refractivity contribution in [1.29, 1.82) is 0 Å². The van der Waals surface area contributed by atoms with E-state index in [0.29, 0.717) is 72.4 Å². The van der Waals surface area contributed by atoms with Gasteiger partial charge >= 0.3 is 0 Å². The number of H-pyrrole nitrogens is 1. The number of carbonyl (C=O) groups is 1. The quantitative estimate of drug-likeness (QED) is 0.504. The normalized spacial score (nSPS) is 15.8. The van der Waals surface area contributed by atoms with Gasteiger partial charge in [0.25, 0.3) is 0 Å². The Balaban J connectivity index is 1.69. The highest BCUT2D eigenvalue weighted by Crippen LogP contribution is 2.33. The minimum atomic E-state index is -0.0591. The molecule has 2 bridgehead atoms. The van der Waals surface area contributed by atoms with E-state index < -0.39 is 0 Å². The number of methoxy groups -OCH3 is 1. The van der Waals surface area contributed by atoms with Crippen molar-refractivity contribution in [3.63, 3.8) is 0 Å². The summed E-state index contributed by atoms with van der Waals surface area (Å²) < 4.78 is 11.5. The van der Waals surface area contributed by atoms with Crippen LogP contribution >= 0.6 is 0 Å². The SMILES string of the molecule is CCCCN1CCOc2cc(ccc2OC)N=Cc2c(O)[nH]c3ncnc(c23)NCCN(C)C(=O)C1. The molecule has 2 aromatic heterocycles. The van der Waals surface area contributed by atoms with Gasteiger partial charge in [-0.2, -0.15) is 0 Å². The Hall–Kier alpha value is -3.86. The maximum absolute atomic E-state index is 12.9. The van der Waals surface area contributed by atoms with E-state index in [1.807, 2.05) is 6.07 Å². The number of nitrogens with zero attached hydrogens (tertiary/aromatic N) is 5. The lowest BCUT2D eigenvalue weighted by Gasteiger charge is -2.25. The molecule has 0 aliphatic carbocycles. The molecular weight excluding hydrogens is 462 g/mol. The standard InChI is InChI=1S/C25H33N7O4/c1-4-5-9-32-11-12-36-20-13-17(6-7-19(20)35-3)27-14-18-22-23(26-8-10-31(2)21(33)15-32)28-16-29-24(22)30-25(18)34/h6-7,13-14,16,34H,4-5,8-12,15H2,1-3H3,(H2,26,28,29,30). The van der Waals surface area contributed by atoms with E-state index in [-0.39, 0.29) is 11.8 Å². The number of aliphatic imine (C=N–C) groups is 1. The molecule has 1 aliphatic heterocycles. The Morgan fingerprint density at radius 1 is 1.25 bits per heavy atom. The first-order valence-electron chi connectivity index (χ1n) is 12.1. The van der Waals surface area contributed by atoms with E-state index in [1.165, 1.54) is 6.33 Å². The van der Waals surface area contributed by atoms with E-state index in [2.05, 4.69) is 37.1 Å². The molecule has 0 atom stereocenters. The molecule has 192 valence electrons. The fraction of sp³-hybridized carbons (Fsp3) is 0.440. The van der Waals surface area contributed by atoms with Crippen LogP contribution in [0.25, 0.3) is 11.0 Å². The number of anilines is 1. The molecule has 1 aromatic carbocycles. The van der Waals surface area contributed by atoms with Gasteiger partial charge in [0, 0.05) is 39.0 Å². The number of likely N-dealkylation sites (N-methyl/N-ethyl adjacent to an activating group) is 1. The van der Waals surface area contributed by atoms with E-state index in [0.717, 1.165) is 19.4 Å². The number of hydrogen-bond acceptors (Lipinski definition) is 9. The van der Waals surface area contributed by atoms with Crippen LogP contribution in [0, 0.1) is 0 Å². The maximum Gasteiger partial charge on any atom is 0.236 e. The fourth-order valence-electron chi connectivity index (χ4n) is 4.01. The van der Waals surface area contributed by atoms with Crippen LogP contribution in [0.5, 0.6) is 17.4 Å². The van der Waals surface area contributed by atoms with Crippen LogP contribution in [0.1, 0.15) is 25.3 Å². The maximum atomic E-state index is 12.9. The summed E-state index contributed by atoms with van der Waals surface area (Å²) in [6.45, 7) is 5.24. The third-order valence-corrected chi connectivity index (χ3v) is 6.12. The minimum Gasteiger partial charge on any atom is -0.494 e. The van der Waals surface area contributed by atoms with Gasteiger partial charge in [-0.05, 0) is 25.1 Å². The van der Waals surface area contributed by atoms with Crippen molar-refractivity contribution in [2.75, 3.05) is 58.8 Å². The molecule has 1 aliphatic rings. The van der Waals surface area contributed by atoms with Crippen molar-refractivity contribution >= 4 is 34.7 Å². The zero-order valence-corrected chi connectivity index (χ0v) is 21.0. The van der Waals surface area contributed by atoms with Gasteiger partial charge in [-0.25, -0.2) is 9.97 Å². The first kappa shape index (κ1) is 25.2. The van der Waals surface area contributed by atoms with Crippen molar-refractivity contribution in [1.82, 2.24) is 24.8 Å². The van der Waals surface area contributed by atoms with Crippen molar-refractivity contribution < 1.29 is 19.4 Å². The smallest absolute Gasteiger partial charge is 0.236 e. The largest absolute Gasteiger partial charge is 0.494 e. The summed E-state index contributed by atoms with van der Waals surface area (Å²) in [6.07, 6.45) is 5.03. The number of ether oxygens (including phenoxy) is 2. The van der Waals surface area contributed by atoms with Gasteiger partial charge in [0.05, 0.1) is 30.3 Å². The summed E-state index contributed by atoms with van der Waals surface area (Å²) >= 11 is 0. The van der Waals surface area contributed by atoms with Crippen LogP contribution in [-0.4, -0.2) is 95.5 Å². The third-order valence-electron chi connectivity index (χ3n) is 6.12. The Morgan fingerprint density at radius 3 is 2.92 bits per heavy atom. The molecule has 4 rings (SSSR count). The summed E-state index contributed by atoms with van der Waals surface area (Å²) in [5.74, 6) is 1.67. The van der Waals surface area contributed by atoms with Crippen LogP contribution < -0.4 is 14.8 Å². The summed E-state index contributed by atoms with van der Waals surface area (Å²) in [6, 6.07) is 5.39. The van der Waals surface area contributed by atoms with Crippen LogP contribution in [0.4, 0.5) is 11.5 Å². The van der Waals surface area contributed by atoms with E-state index in [1.54, 1.807) is 37.4 Å². The number of aromatic amines is 1. The molecule has 11 heteroatoms. The molecule has 3 aromatic rings. The summed E-state index contributed by atoms with van der Waals surface area (Å²) in [5.41, 5.74) is 1.57. The number of unbranched alkanes of at least 4 members (excludes halogenated alkanes) is 1. The molecule has 36 heavy (non-hydrogen) atoms. The number of amides is 1. The fourth-order valence-corrected chi connectivity index (χ4v) is 4.01. The van der Waals surface area contributed by atoms with Crippen LogP contribution in [-0.2, 0) is 4.79 Å². The topological polar surface area (TPSA) is 128 Å². The number of nitrogens with one attached hydrogen (secondary N) is 2. The number of hydrogen-bond donors (Lipinski definition) is 3. The highest BCUT2D eigenvalue weighted by molar-refractivity contribution is 6.06. The predicted molar refractivity (Wildman–Crippen MR) is 139 cm³/mol. The molecule has 3 N–H and O–H groups in total. The number of rotatable bonds is 4. The van der Waals surface area contributed by atoms with E-state index >= 15 is 0 Å². The van der Waals surface area contributed by atoms with Gasteiger partial charge in [0.15, 0.2) is 17.4 Å². The molecule has 1 amide bonds. The number of carbonyl (C=O) groups excluding carboxylic acids is 1. The van der Waals surface area contributed by atoms with Crippen LogP contribution in [0.15, 0.2) is 29.5 Å². The molecule has 0 unspecified atom stereocenters. The van der Waals surface area contributed by atoms with E-state index in [9.17, 15) is 9.90 Å². The second-order valence-electron chi connectivity index (χ2n) is 8.65. The van der Waals surface area contributed by atoms with Crippen molar-refractivity contribution in [3.05, 3.63) is 30.1 Å². The Labute approximate surface area is 210 Å². The molecule has 0 spiro atoms. The highest BCUT2D eigenvalue weighted by atomic mass is 16.5. The molecule has 0 saturated carbocycles. The molecule has 0 saturated heterocycles. The van der Waals surface area contributed by atoms with Crippen LogP contribution in [0.3, 0.4) is 0 Å². The number of aromatic nitrogens is 3. The Kier molecular flexibility index (Phi) is 8.21. The lowest BCUT2D eigenvalue weighted by Crippen LogP contribution is -2.42. The zero-order valence-electron chi connectivity index (χ0n) is 21.0. The molecule has 0 fully saturated rings. The highest BCUT2D eigenvalue weighted by Gasteiger charge is 2.18. The first-order valence-corrected chi connectivity index (χ1v) is 12.1. The van der Waals surface area contributed by atoms with Gasteiger partial charge in [0.2, 0.25) is 5.91 Å². The molecule has 11 nitrogen and oxygen atoms in total. The molecule has 3 heterocycles. The van der Waals surface area contributed by atoms with Crippen molar-refractivity contribution in [2.45, 2.75) is 19.8 Å². The molecular formula is C25H33N7O4. The van der Waals surface area contributed by atoms with Gasteiger partial charge in [0.1, 0.15) is 24.4 Å². The first-order chi connectivity index (χ1) is 17.5. The van der Waals surface area contributed by atoms with Gasteiger partial charge < -0.3 is 29.8 Å². The van der Waals surface area contributed by atoms with Gasteiger partial charge in [-0.1, -0.05) is 13.3 Å². The number of benzene rings is 1. The Morgan fingerprint density at radius 2 is 2.11 bits per heavy atom. The average molecular weight is 496 g/mol. The second-order valence-corrected chi connectivity index (χ2v) is 8.65. The average Bonchev–Trinajstić information content (AvgIpc) is 3.20. The summed E-state index contributed by atoms with van der Waals surface area (Å²) in [5, 5.41) is 14.4. The Bertz CT molecular complexity index is 1230.